The van der Waals surface area contributed by atoms with Crippen LogP contribution in [0.15, 0.2) is 235 Å². The van der Waals surface area contributed by atoms with Gasteiger partial charge in [-0.05, 0) is 165 Å². The van der Waals surface area contributed by atoms with E-state index in [9.17, 15) is 0 Å². The molecule has 0 aliphatic heterocycles. The first kappa shape index (κ1) is 54.3. The van der Waals surface area contributed by atoms with E-state index in [0.717, 1.165) is 182 Å². The second-order valence-electron chi connectivity index (χ2n) is 25.7. The van der Waals surface area contributed by atoms with Gasteiger partial charge in [-0.25, -0.2) is 19.9 Å². The van der Waals surface area contributed by atoms with Crippen LogP contribution in [0.1, 0.15) is 44.5 Å². The molecule has 6 heterocycles. The fraction of sp³-hybridized carbons (Fsp3) is 0.0952. The quantitative estimate of drug-likeness (QED) is 0.151. The summed E-state index contributed by atoms with van der Waals surface area (Å²) >= 11 is 0. The first-order valence-electron chi connectivity index (χ1n) is 31.9. The second kappa shape index (κ2) is 20.4. The van der Waals surface area contributed by atoms with Gasteiger partial charge < -0.3 is 22.7 Å². The number of hydrogen-bond donors (Lipinski definition) is 0. The van der Waals surface area contributed by atoms with Crippen LogP contribution in [0.3, 0.4) is 0 Å². The van der Waals surface area contributed by atoms with Crippen molar-refractivity contribution in [2.24, 2.45) is 0 Å². The van der Waals surface area contributed by atoms with Crippen molar-refractivity contribution in [2.75, 3.05) is 0 Å². The number of aryl methyl sites for hydroxylation is 8. The van der Waals surface area contributed by atoms with Crippen molar-refractivity contribution < 1.29 is 4.42 Å². The molecule has 0 fully saturated rings. The molecule has 0 saturated heterocycles. The van der Waals surface area contributed by atoms with Gasteiger partial charge in [0.15, 0.2) is 23.1 Å². The lowest BCUT2D eigenvalue weighted by Gasteiger charge is -2.30. The van der Waals surface area contributed by atoms with E-state index < -0.39 is 0 Å². The third-order valence-electron chi connectivity index (χ3n) is 19.0. The first-order valence-corrected chi connectivity index (χ1v) is 31.9. The average molecular weight is 1200 g/mol. The fourth-order valence-electron chi connectivity index (χ4n) is 14.9. The highest BCUT2D eigenvalue weighted by atomic mass is 16.3. The number of hydrogen-bond acceptors (Lipinski definition) is 5. The lowest BCUT2D eigenvalue weighted by molar-refractivity contribution is 0.619. The summed E-state index contributed by atoms with van der Waals surface area (Å²) in [5, 5.41) is 8.97. The summed E-state index contributed by atoms with van der Waals surface area (Å²) in [5.74, 6) is 2.00. The van der Waals surface area contributed by atoms with Gasteiger partial charge in [0.25, 0.3) is 0 Å². The Morgan fingerprint density at radius 1 is 0.247 bits per heavy atom. The average Bonchev–Trinajstić information content (AvgIpc) is 1.61. The van der Waals surface area contributed by atoms with Crippen LogP contribution in [-0.4, -0.2) is 38.2 Å². The smallest absolute Gasteiger partial charge is 0.231 e. The minimum absolute atomic E-state index is 0.448. The standard InChI is InChI=1S/C84H62N8O/c1-47-23-31-66-57(39-47)58-40-48(2)24-32-67(58)89(66)77-75(83-87-81(55-17-11-9-12-18-55)86-82(88-83)56-19-13-10-14-20-56)78(90-68-33-25-49(3)41-59(68)60-42-50(4)26-34-69(60)90)80(92-72-37-29-53(7)45-63(72)64-46-54(8)30-38-73(64)92)76(84-85-65-21-15-16-22-74(65)93-84)79(77)91-70-35-27-51(5)43-61(70)62-44-52(6)28-36-71(62)91/h9-46H,1-8H3. The molecule has 0 bridgehead atoms. The zero-order valence-corrected chi connectivity index (χ0v) is 52.9. The van der Waals surface area contributed by atoms with Crippen LogP contribution < -0.4 is 0 Å². The Hall–Kier alpha value is -11.7. The number of oxazole rings is 1. The van der Waals surface area contributed by atoms with Gasteiger partial charge in [0.1, 0.15) is 5.52 Å². The van der Waals surface area contributed by atoms with E-state index in [1.807, 2.05) is 30.3 Å². The van der Waals surface area contributed by atoms with Crippen molar-refractivity contribution in [1.29, 1.82) is 0 Å². The van der Waals surface area contributed by atoms with Crippen molar-refractivity contribution in [3.05, 3.63) is 275 Å². The van der Waals surface area contributed by atoms with Gasteiger partial charge in [-0.15, -0.1) is 0 Å². The summed E-state index contributed by atoms with van der Waals surface area (Å²) in [6.45, 7) is 17.5. The predicted octanol–water partition coefficient (Wildman–Crippen LogP) is 21.5. The summed E-state index contributed by atoms with van der Waals surface area (Å²) in [7, 11) is 0. The molecule has 0 atom stereocenters. The minimum atomic E-state index is 0.448. The molecule has 9 heteroatoms. The Balaban J connectivity index is 1.24. The highest BCUT2D eigenvalue weighted by Crippen LogP contribution is 2.55. The maximum absolute atomic E-state index is 7.62. The fourth-order valence-corrected chi connectivity index (χ4v) is 14.9. The van der Waals surface area contributed by atoms with Crippen LogP contribution in [-0.2, 0) is 0 Å². The largest absolute Gasteiger partial charge is 0.436 e. The van der Waals surface area contributed by atoms with Gasteiger partial charge in [0, 0.05) is 54.2 Å². The van der Waals surface area contributed by atoms with Gasteiger partial charge >= 0.3 is 0 Å². The van der Waals surface area contributed by atoms with Crippen molar-refractivity contribution >= 4 is 98.3 Å². The second-order valence-corrected chi connectivity index (χ2v) is 25.7. The molecule has 0 N–H and O–H groups in total. The number of benzene rings is 12. The molecule has 444 valence electrons. The maximum atomic E-state index is 7.62. The van der Waals surface area contributed by atoms with E-state index in [0.29, 0.717) is 28.9 Å². The topological polar surface area (TPSA) is 84.4 Å². The molecule has 0 amide bonds. The molecular formula is C84H62N8O. The Bertz CT molecular complexity index is 5610. The normalized spacial score (nSPS) is 12.1. The number of para-hydroxylation sites is 2. The Morgan fingerprint density at radius 3 is 0.796 bits per heavy atom. The van der Waals surface area contributed by atoms with Crippen molar-refractivity contribution in [2.45, 2.75) is 55.4 Å². The zero-order valence-electron chi connectivity index (χ0n) is 52.9. The summed E-state index contributed by atoms with van der Waals surface area (Å²) in [6.07, 6.45) is 0. The van der Waals surface area contributed by atoms with Crippen molar-refractivity contribution in [1.82, 2.24) is 38.2 Å². The molecular weight excluding hydrogens is 1140 g/mol. The molecule has 0 aliphatic rings. The SMILES string of the molecule is Cc1ccc2c(c1)c1cc(C)ccc1n2-c1c(-c2nc(-c3ccccc3)nc(-c3ccccc3)n2)c(-n2c3ccc(C)cc3c3cc(C)ccc32)c(-n2c3ccc(C)cc3c3cc(C)ccc32)c(-c2nc3ccccc3o2)c1-n1c2ccc(C)cc2c2cc(C)ccc21. The van der Waals surface area contributed by atoms with Gasteiger partial charge in [0.2, 0.25) is 5.89 Å². The molecule has 0 unspecified atom stereocenters. The summed E-state index contributed by atoms with van der Waals surface area (Å²) in [6, 6.07) is 84.1. The van der Waals surface area contributed by atoms with E-state index in [2.05, 4.69) is 274 Å². The number of aromatic nitrogens is 8. The van der Waals surface area contributed by atoms with Crippen LogP contribution in [0.5, 0.6) is 0 Å². The molecule has 12 aromatic carbocycles. The van der Waals surface area contributed by atoms with Crippen LogP contribution in [0.2, 0.25) is 0 Å². The van der Waals surface area contributed by atoms with Crippen LogP contribution in [0.4, 0.5) is 0 Å². The Kier molecular flexibility index (Phi) is 11.9. The monoisotopic (exact) mass is 1200 g/mol. The lowest BCUT2D eigenvalue weighted by atomic mass is 9.96. The van der Waals surface area contributed by atoms with Crippen molar-refractivity contribution in [3.63, 3.8) is 0 Å². The Morgan fingerprint density at radius 2 is 0.505 bits per heavy atom. The maximum Gasteiger partial charge on any atom is 0.231 e. The van der Waals surface area contributed by atoms with E-state index in [4.69, 9.17) is 24.4 Å². The Labute approximate surface area is 536 Å². The molecule has 9 nitrogen and oxygen atoms in total. The summed E-state index contributed by atoms with van der Waals surface area (Å²) in [4.78, 5) is 23.3. The van der Waals surface area contributed by atoms with E-state index >= 15 is 0 Å². The highest BCUT2D eigenvalue weighted by molar-refractivity contribution is 6.19. The van der Waals surface area contributed by atoms with E-state index in [1.165, 1.54) is 0 Å². The van der Waals surface area contributed by atoms with Crippen LogP contribution >= 0.6 is 0 Å². The molecule has 93 heavy (non-hydrogen) atoms. The summed E-state index contributed by atoms with van der Waals surface area (Å²) in [5.41, 5.74) is 25.3. The number of fused-ring (bicyclic) bond motifs is 13. The molecule has 0 radical (unpaired) electrons. The summed E-state index contributed by atoms with van der Waals surface area (Å²) < 4.78 is 17.7. The van der Waals surface area contributed by atoms with Gasteiger partial charge in [-0.2, -0.15) is 0 Å². The van der Waals surface area contributed by atoms with Gasteiger partial charge in [-0.3, -0.25) is 0 Å². The molecule has 18 rings (SSSR count). The first-order chi connectivity index (χ1) is 45.4. The number of rotatable bonds is 8. The molecule has 18 aromatic rings. The third kappa shape index (κ3) is 8.32. The van der Waals surface area contributed by atoms with Crippen molar-refractivity contribution in [3.8, 4) is 68.4 Å². The van der Waals surface area contributed by atoms with E-state index in [-0.39, 0.29) is 0 Å². The number of nitrogens with zero attached hydrogens (tertiary/aromatic N) is 8. The van der Waals surface area contributed by atoms with Gasteiger partial charge in [0.05, 0.1) is 78.0 Å². The van der Waals surface area contributed by atoms with E-state index in [1.54, 1.807) is 0 Å². The molecule has 6 aromatic heterocycles. The van der Waals surface area contributed by atoms with Crippen LogP contribution in [0, 0.1) is 55.4 Å². The molecule has 0 spiro atoms. The minimum Gasteiger partial charge on any atom is -0.436 e. The third-order valence-corrected chi connectivity index (χ3v) is 19.0. The molecule has 0 saturated carbocycles. The highest BCUT2D eigenvalue weighted by Gasteiger charge is 2.38. The van der Waals surface area contributed by atoms with Crippen LogP contribution in [0.25, 0.3) is 167 Å². The zero-order chi connectivity index (χ0) is 62.7. The lowest BCUT2D eigenvalue weighted by Crippen LogP contribution is -2.17. The van der Waals surface area contributed by atoms with Gasteiger partial charge in [-0.1, -0.05) is 166 Å². The molecule has 0 aliphatic carbocycles. The predicted molar refractivity (Wildman–Crippen MR) is 384 cm³/mol.